The van der Waals surface area contributed by atoms with E-state index in [9.17, 15) is 5.11 Å². The van der Waals surface area contributed by atoms with Gasteiger partial charge in [-0.3, -0.25) is 9.97 Å². The van der Waals surface area contributed by atoms with Gasteiger partial charge in [0.1, 0.15) is 6.10 Å². The van der Waals surface area contributed by atoms with E-state index in [0.717, 1.165) is 11.3 Å². The summed E-state index contributed by atoms with van der Waals surface area (Å²) in [6.45, 7) is 1.91. The molecule has 1 atom stereocenters. The molecule has 15 heavy (non-hydrogen) atoms. The molecule has 0 aliphatic heterocycles. The molecule has 3 nitrogen and oxygen atoms in total. The Bertz CT molecular complexity index is 425. The molecule has 76 valence electrons. The summed E-state index contributed by atoms with van der Waals surface area (Å²) in [5.74, 6) is 0. The van der Waals surface area contributed by atoms with Crippen molar-refractivity contribution in [2.45, 2.75) is 13.0 Å². The Balaban J connectivity index is 2.29. The van der Waals surface area contributed by atoms with Crippen LogP contribution in [0.5, 0.6) is 0 Å². The zero-order valence-electron chi connectivity index (χ0n) is 8.46. The average molecular weight is 200 g/mol. The second kappa shape index (κ2) is 4.19. The van der Waals surface area contributed by atoms with Crippen molar-refractivity contribution in [2.75, 3.05) is 0 Å². The fraction of sp³-hybridized carbons (Fsp3) is 0.167. The lowest BCUT2D eigenvalue weighted by atomic mass is 10.1. The van der Waals surface area contributed by atoms with Crippen LogP contribution in [0, 0.1) is 6.92 Å². The number of aryl methyl sites for hydroxylation is 1. The summed E-state index contributed by atoms with van der Waals surface area (Å²) in [6, 6.07) is 9.21. The van der Waals surface area contributed by atoms with Crippen molar-refractivity contribution in [3.63, 3.8) is 0 Å². The van der Waals surface area contributed by atoms with Crippen LogP contribution >= 0.6 is 0 Å². The number of rotatable bonds is 2. The molecule has 2 aromatic rings. The van der Waals surface area contributed by atoms with Gasteiger partial charge in [-0.2, -0.15) is 0 Å². The number of aromatic nitrogens is 2. The summed E-state index contributed by atoms with van der Waals surface area (Å²) in [4.78, 5) is 8.24. The molecule has 1 N–H and O–H groups in total. The number of aliphatic hydroxyl groups is 1. The lowest BCUT2D eigenvalue weighted by Crippen LogP contribution is -2.02. The maximum atomic E-state index is 9.98. The van der Waals surface area contributed by atoms with Gasteiger partial charge in [-0.25, -0.2) is 0 Å². The molecule has 1 unspecified atom stereocenters. The molecule has 0 bridgehead atoms. The Kier molecular flexibility index (Phi) is 2.74. The summed E-state index contributed by atoms with van der Waals surface area (Å²) in [5, 5.41) is 9.98. The zero-order chi connectivity index (χ0) is 10.7. The molecule has 0 radical (unpaired) electrons. The minimum absolute atomic E-state index is 0.642. The first-order valence-electron chi connectivity index (χ1n) is 4.79. The van der Waals surface area contributed by atoms with Crippen LogP contribution in [0.2, 0.25) is 0 Å². The van der Waals surface area contributed by atoms with Gasteiger partial charge in [0, 0.05) is 23.7 Å². The summed E-state index contributed by atoms with van der Waals surface area (Å²) in [7, 11) is 0. The van der Waals surface area contributed by atoms with Crippen molar-refractivity contribution in [3.05, 3.63) is 59.7 Å². The van der Waals surface area contributed by atoms with Gasteiger partial charge in [-0.15, -0.1) is 0 Å². The van der Waals surface area contributed by atoms with Gasteiger partial charge in [-0.1, -0.05) is 12.1 Å². The van der Waals surface area contributed by atoms with Gasteiger partial charge in [0.15, 0.2) is 0 Å². The molecule has 2 heterocycles. The summed E-state index contributed by atoms with van der Waals surface area (Å²) in [6.07, 6.45) is 2.65. The molecule has 0 spiro atoms. The van der Waals surface area contributed by atoms with Gasteiger partial charge in [0.05, 0.1) is 5.69 Å². The molecule has 0 aromatic carbocycles. The van der Waals surface area contributed by atoms with E-state index in [4.69, 9.17) is 0 Å². The second-order valence-corrected chi connectivity index (χ2v) is 3.39. The lowest BCUT2D eigenvalue weighted by Gasteiger charge is -2.09. The van der Waals surface area contributed by atoms with Crippen LogP contribution in [-0.4, -0.2) is 15.1 Å². The largest absolute Gasteiger partial charge is 0.382 e. The van der Waals surface area contributed by atoms with Gasteiger partial charge >= 0.3 is 0 Å². The van der Waals surface area contributed by atoms with Crippen LogP contribution in [0.3, 0.4) is 0 Å². The molecular weight excluding hydrogens is 188 g/mol. The van der Waals surface area contributed by atoms with Crippen molar-refractivity contribution < 1.29 is 5.11 Å². The summed E-state index contributed by atoms with van der Waals surface area (Å²) in [5.41, 5.74) is 2.34. The molecule has 0 aliphatic carbocycles. The molecular formula is C12H12N2O. The minimum atomic E-state index is -0.695. The molecule has 0 saturated heterocycles. The monoisotopic (exact) mass is 200 g/mol. The Morgan fingerprint density at radius 1 is 1.13 bits per heavy atom. The van der Waals surface area contributed by atoms with Gasteiger partial charge in [-0.05, 0) is 25.1 Å². The summed E-state index contributed by atoms with van der Waals surface area (Å²) < 4.78 is 0. The number of hydrogen-bond donors (Lipinski definition) is 1. The van der Waals surface area contributed by atoms with Crippen molar-refractivity contribution in [2.24, 2.45) is 0 Å². The third-order valence-electron chi connectivity index (χ3n) is 2.22. The van der Waals surface area contributed by atoms with Crippen LogP contribution in [0.4, 0.5) is 0 Å². The molecule has 2 aromatic heterocycles. The van der Waals surface area contributed by atoms with Crippen LogP contribution in [0.15, 0.2) is 42.7 Å². The number of hydrogen-bond acceptors (Lipinski definition) is 3. The van der Waals surface area contributed by atoms with Crippen molar-refractivity contribution in [3.8, 4) is 0 Å². The minimum Gasteiger partial charge on any atom is -0.382 e. The van der Waals surface area contributed by atoms with E-state index in [2.05, 4.69) is 9.97 Å². The Hall–Kier alpha value is -1.74. The predicted molar refractivity (Wildman–Crippen MR) is 57.3 cm³/mol. The fourth-order valence-electron chi connectivity index (χ4n) is 1.35. The van der Waals surface area contributed by atoms with Crippen LogP contribution in [0.25, 0.3) is 0 Å². The van der Waals surface area contributed by atoms with E-state index in [1.807, 2.05) is 31.2 Å². The van der Waals surface area contributed by atoms with Crippen LogP contribution in [0.1, 0.15) is 23.1 Å². The van der Waals surface area contributed by atoms with Gasteiger partial charge in [0.2, 0.25) is 0 Å². The highest BCUT2D eigenvalue weighted by atomic mass is 16.3. The SMILES string of the molecule is Cc1ccc(C(O)c2ccccn2)cn1. The maximum Gasteiger partial charge on any atom is 0.122 e. The van der Waals surface area contributed by atoms with E-state index in [-0.39, 0.29) is 0 Å². The average Bonchev–Trinajstić information content (AvgIpc) is 2.30. The summed E-state index contributed by atoms with van der Waals surface area (Å²) >= 11 is 0. The standard InChI is InChI=1S/C12H12N2O/c1-9-5-6-10(8-14-9)12(15)11-4-2-3-7-13-11/h2-8,12,15H,1H3. The number of aliphatic hydroxyl groups excluding tert-OH is 1. The van der Waals surface area contributed by atoms with Crippen LogP contribution in [-0.2, 0) is 0 Å². The molecule has 2 rings (SSSR count). The Labute approximate surface area is 88.5 Å². The molecule has 3 heteroatoms. The van der Waals surface area contributed by atoms with E-state index in [0.29, 0.717) is 5.69 Å². The third-order valence-corrected chi connectivity index (χ3v) is 2.22. The third kappa shape index (κ3) is 2.19. The van der Waals surface area contributed by atoms with E-state index >= 15 is 0 Å². The van der Waals surface area contributed by atoms with Gasteiger partial charge in [0.25, 0.3) is 0 Å². The Morgan fingerprint density at radius 3 is 2.60 bits per heavy atom. The quantitative estimate of drug-likeness (QED) is 0.804. The van der Waals surface area contributed by atoms with E-state index in [1.54, 1.807) is 18.5 Å². The highest BCUT2D eigenvalue weighted by Gasteiger charge is 2.10. The predicted octanol–water partition coefficient (Wildman–Crippen LogP) is 1.87. The first kappa shape index (κ1) is 9.80. The topological polar surface area (TPSA) is 46.0 Å². The Morgan fingerprint density at radius 2 is 2.00 bits per heavy atom. The van der Waals surface area contributed by atoms with Crippen molar-refractivity contribution in [1.82, 2.24) is 9.97 Å². The molecule has 0 saturated carbocycles. The maximum absolute atomic E-state index is 9.98. The molecule has 0 aliphatic rings. The first-order valence-corrected chi connectivity index (χ1v) is 4.79. The number of pyridine rings is 2. The smallest absolute Gasteiger partial charge is 0.122 e. The van der Waals surface area contributed by atoms with Crippen LogP contribution < -0.4 is 0 Å². The van der Waals surface area contributed by atoms with Gasteiger partial charge < -0.3 is 5.11 Å². The molecule has 0 fully saturated rings. The highest BCUT2D eigenvalue weighted by molar-refractivity contribution is 5.23. The fourth-order valence-corrected chi connectivity index (χ4v) is 1.35. The zero-order valence-corrected chi connectivity index (χ0v) is 8.46. The van der Waals surface area contributed by atoms with Crippen molar-refractivity contribution >= 4 is 0 Å². The molecule has 0 amide bonds. The van der Waals surface area contributed by atoms with Crippen molar-refractivity contribution in [1.29, 1.82) is 0 Å². The van der Waals surface area contributed by atoms with E-state index < -0.39 is 6.10 Å². The normalized spacial score (nSPS) is 12.4. The van der Waals surface area contributed by atoms with E-state index in [1.165, 1.54) is 0 Å². The highest BCUT2D eigenvalue weighted by Crippen LogP contribution is 2.18. The second-order valence-electron chi connectivity index (χ2n) is 3.39. The first-order chi connectivity index (χ1) is 7.27. The number of nitrogens with zero attached hydrogens (tertiary/aromatic N) is 2. The lowest BCUT2D eigenvalue weighted by molar-refractivity contribution is 0.215.